The topological polar surface area (TPSA) is 58.5 Å². The molecule has 1 aromatic heterocycles. The molecule has 0 aliphatic heterocycles. The molecule has 0 aliphatic carbocycles. The fourth-order valence-electron chi connectivity index (χ4n) is 2.42. The van der Waals surface area contributed by atoms with Crippen molar-refractivity contribution in [1.82, 2.24) is 15.6 Å². The van der Waals surface area contributed by atoms with Gasteiger partial charge >= 0.3 is 6.18 Å². The van der Waals surface area contributed by atoms with Crippen LogP contribution in [0.1, 0.15) is 21.8 Å². The number of aryl methyl sites for hydroxylation is 2. The van der Waals surface area contributed by atoms with Crippen LogP contribution in [-0.4, -0.2) is 37.7 Å². The van der Waals surface area contributed by atoms with Crippen molar-refractivity contribution >= 4 is 17.3 Å². The van der Waals surface area contributed by atoms with Gasteiger partial charge in [-0.3, -0.25) is 4.99 Å². The number of rotatable bonds is 7. The van der Waals surface area contributed by atoms with Gasteiger partial charge in [-0.2, -0.15) is 13.2 Å². The maximum Gasteiger partial charge on any atom is 0.434 e. The molecular weight excluding hydrogens is 377 g/mol. The number of halogens is 3. The Morgan fingerprint density at radius 1 is 1.15 bits per heavy atom. The largest absolute Gasteiger partial charge is 0.492 e. The van der Waals surface area contributed by atoms with E-state index in [2.05, 4.69) is 26.7 Å². The molecule has 0 bridgehead atoms. The quantitative estimate of drug-likeness (QED) is 0.424. The Morgan fingerprint density at radius 2 is 1.81 bits per heavy atom. The average Bonchev–Trinajstić information content (AvgIpc) is 3.05. The molecule has 2 N–H and O–H groups in total. The molecule has 0 aliphatic rings. The highest BCUT2D eigenvalue weighted by Crippen LogP contribution is 2.29. The molecule has 0 amide bonds. The van der Waals surface area contributed by atoms with Crippen molar-refractivity contribution in [1.29, 1.82) is 0 Å². The molecule has 0 unspecified atom stereocenters. The van der Waals surface area contributed by atoms with Gasteiger partial charge in [-0.25, -0.2) is 4.98 Å². The smallest absolute Gasteiger partial charge is 0.434 e. The summed E-state index contributed by atoms with van der Waals surface area (Å²) < 4.78 is 43.3. The van der Waals surface area contributed by atoms with Gasteiger partial charge in [0.05, 0.1) is 11.6 Å². The van der Waals surface area contributed by atoms with E-state index in [9.17, 15) is 13.2 Å². The van der Waals surface area contributed by atoms with Crippen LogP contribution in [0, 0.1) is 13.8 Å². The minimum atomic E-state index is -4.39. The number of aliphatic imine (C=N–C) groups is 1. The Balaban J connectivity index is 1.69. The summed E-state index contributed by atoms with van der Waals surface area (Å²) in [5.74, 6) is 1.38. The minimum absolute atomic E-state index is 0.389. The highest BCUT2D eigenvalue weighted by Gasteiger charge is 2.33. The summed E-state index contributed by atoms with van der Waals surface area (Å²) in [6.45, 7) is 5.48. The Labute approximate surface area is 160 Å². The molecule has 5 nitrogen and oxygen atoms in total. The van der Waals surface area contributed by atoms with E-state index >= 15 is 0 Å². The van der Waals surface area contributed by atoms with Crippen molar-refractivity contribution in [3.8, 4) is 5.75 Å². The number of guanidine groups is 1. The fraction of sp³-hybridized carbons (Fsp3) is 0.444. The first-order valence-corrected chi connectivity index (χ1v) is 9.33. The van der Waals surface area contributed by atoms with Crippen molar-refractivity contribution in [2.45, 2.75) is 26.4 Å². The van der Waals surface area contributed by atoms with Crippen LogP contribution in [0.5, 0.6) is 5.75 Å². The van der Waals surface area contributed by atoms with Crippen LogP contribution in [0.25, 0.3) is 0 Å². The van der Waals surface area contributed by atoms with Gasteiger partial charge < -0.3 is 15.4 Å². The van der Waals surface area contributed by atoms with Crippen LogP contribution in [0.2, 0.25) is 0 Å². The number of nitrogens with one attached hydrogen (secondary N) is 2. The Hall–Kier alpha value is -2.29. The van der Waals surface area contributed by atoms with Crippen molar-refractivity contribution in [2.75, 3.05) is 26.7 Å². The van der Waals surface area contributed by atoms with Crippen LogP contribution in [0.4, 0.5) is 13.2 Å². The second-order valence-electron chi connectivity index (χ2n) is 5.97. The summed E-state index contributed by atoms with van der Waals surface area (Å²) in [7, 11) is 1.63. The zero-order valence-electron chi connectivity index (χ0n) is 15.5. The van der Waals surface area contributed by atoms with Crippen LogP contribution in [0.3, 0.4) is 0 Å². The monoisotopic (exact) mass is 400 g/mol. The third kappa shape index (κ3) is 7.09. The molecule has 2 aromatic rings. The first kappa shape index (κ1) is 21.0. The van der Waals surface area contributed by atoms with Crippen molar-refractivity contribution < 1.29 is 17.9 Å². The van der Waals surface area contributed by atoms with E-state index in [4.69, 9.17) is 4.74 Å². The second-order valence-corrected chi connectivity index (χ2v) is 6.91. The van der Waals surface area contributed by atoms with Gasteiger partial charge in [-0.05, 0) is 37.1 Å². The molecule has 0 radical (unpaired) electrons. The molecule has 0 fully saturated rings. The zero-order valence-corrected chi connectivity index (χ0v) is 16.3. The van der Waals surface area contributed by atoms with E-state index in [0.29, 0.717) is 37.1 Å². The van der Waals surface area contributed by atoms with E-state index < -0.39 is 11.9 Å². The molecule has 148 valence electrons. The highest BCUT2D eigenvalue weighted by molar-refractivity contribution is 7.09. The maximum atomic E-state index is 12.5. The molecule has 0 saturated heterocycles. The van der Waals surface area contributed by atoms with Gasteiger partial charge in [0.2, 0.25) is 0 Å². The van der Waals surface area contributed by atoms with E-state index in [1.807, 2.05) is 26.0 Å². The summed E-state index contributed by atoms with van der Waals surface area (Å²) in [5.41, 5.74) is 1.45. The van der Waals surface area contributed by atoms with E-state index in [1.54, 1.807) is 7.05 Å². The van der Waals surface area contributed by atoms with Crippen molar-refractivity contribution in [2.24, 2.45) is 4.99 Å². The molecule has 1 heterocycles. The number of thiazole rings is 1. The predicted molar refractivity (Wildman–Crippen MR) is 102 cm³/mol. The van der Waals surface area contributed by atoms with Crippen molar-refractivity contribution in [3.05, 3.63) is 45.4 Å². The third-order valence-corrected chi connectivity index (χ3v) is 4.46. The number of hydrogen-bond donors (Lipinski definition) is 2. The molecule has 0 saturated carbocycles. The van der Waals surface area contributed by atoms with Crippen LogP contribution in [0.15, 0.2) is 28.6 Å². The minimum Gasteiger partial charge on any atom is -0.492 e. The lowest BCUT2D eigenvalue weighted by Crippen LogP contribution is -2.40. The predicted octanol–water partition coefficient (Wildman–Crippen LogP) is 3.57. The summed E-state index contributed by atoms with van der Waals surface area (Å²) in [6.07, 6.45) is -4.00. The third-order valence-electron chi connectivity index (χ3n) is 3.56. The molecule has 27 heavy (non-hydrogen) atoms. The van der Waals surface area contributed by atoms with Crippen LogP contribution < -0.4 is 15.4 Å². The molecule has 0 atom stereocenters. The molecule has 2 rings (SSSR count). The molecule has 1 aromatic carbocycles. The molecule has 0 spiro atoms. The Kier molecular flexibility index (Phi) is 7.46. The van der Waals surface area contributed by atoms with Crippen molar-refractivity contribution in [3.63, 3.8) is 0 Å². The average molecular weight is 400 g/mol. The lowest BCUT2D eigenvalue weighted by atomic mass is 10.1. The van der Waals surface area contributed by atoms with Gasteiger partial charge in [-0.15, -0.1) is 11.3 Å². The number of alkyl halides is 3. The first-order chi connectivity index (χ1) is 12.8. The van der Waals surface area contributed by atoms with E-state index in [-0.39, 0.29) is 0 Å². The van der Waals surface area contributed by atoms with Gasteiger partial charge in [0.1, 0.15) is 12.4 Å². The number of ether oxygens (including phenoxy) is 1. The molecular formula is C18H23F3N4OS. The normalized spacial score (nSPS) is 12.1. The van der Waals surface area contributed by atoms with Gasteiger partial charge in [0.25, 0.3) is 0 Å². The zero-order chi connectivity index (χ0) is 19.9. The Bertz CT molecular complexity index is 754. The van der Waals surface area contributed by atoms with Gasteiger partial charge in [0, 0.05) is 25.4 Å². The Morgan fingerprint density at radius 3 is 2.41 bits per heavy atom. The van der Waals surface area contributed by atoms with Crippen LogP contribution in [-0.2, 0) is 12.6 Å². The summed E-state index contributed by atoms with van der Waals surface area (Å²) in [4.78, 5) is 7.68. The summed E-state index contributed by atoms with van der Waals surface area (Å²) >= 11 is 1.01. The van der Waals surface area contributed by atoms with Gasteiger partial charge in [-0.1, -0.05) is 6.07 Å². The fourth-order valence-corrected chi connectivity index (χ4v) is 3.22. The lowest BCUT2D eigenvalue weighted by Gasteiger charge is -2.12. The van der Waals surface area contributed by atoms with E-state index in [0.717, 1.165) is 33.6 Å². The van der Waals surface area contributed by atoms with E-state index in [1.165, 1.54) is 0 Å². The van der Waals surface area contributed by atoms with Gasteiger partial charge in [0.15, 0.2) is 11.7 Å². The SMILES string of the molecule is CN=C(NCCOc1cc(C)cc(C)c1)NCCc1nc(C(F)(F)F)cs1. The lowest BCUT2D eigenvalue weighted by molar-refractivity contribution is -0.140. The number of hydrogen-bond acceptors (Lipinski definition) is 4. The summed E-state index contributed by atoms with van der Waals surface area (Å²) in [5, 5.41) is 7.62. The van der Waals surface area contributed by atoms with Crippen LogP contribution >= 0.6 is 11.3 Å². The molecule has 9 heteroatoms. The number of benzene rings is 1. The number of nitrogens with zero attached hydrogens (tertiary/aromatic N) is 2. The second kappa shape index (κ2) is 9.59. The number of aromatic nitrogens is 1. The first-order valence-electron chi connectivity index (χ1n) is 8.45. The summed E-state index contributed by atoms with van der Waals surface area (Å²) in [6, 6.07) is 6.03. The highest BCUT2D eigenvalue weighted by atomic mass is 32.1. The maximum absolute atomic E-state index is 12.5. The standard InChI is InChI=1S/C18H23F3N4OS/c1-12-8-13(2)10-14(9-12)26-7-6-24-17(22-3)23-5-4-16-25-15(11-27-16)18(19,20)21/h8-11H,4-7H2,1-3H3,(H2,22,23,24).